The molecule has 2 aromatic rings. The van der Waals surface area contributed by atoms with Crippen LogP contribution in [0.3, 0.4) is 0 Å². The van der Waals surface area contributed by atoms with Gasteiger partial charge in [0, 0.05) is 50.6 Å². The summed E-state index contributed by atoms with van der Waals surface area (Å²) in [6, 6.07) is 16.0. The number of amides is 3. The quantitative estimate of drug-likeness (QED) is 0.236. The van der Waals surface area contributed by atoms with E-state index in [2.05, 4.69) is 24.1 Å². The number of ether oxygens (including phenoxy) is 2. The van der Waals surface area contributed by atoms with Gasteiger partial charge in [-0.2, -0.15) is 0 Å². The fraction of sp³-hybridized carbons (Fsp3) is 0.474. The smallest absolute Gasteiger partial charge is 0.313 e. The molecule has 2 aromatic carbocycles. The van der Waals surface area contributed by atoms with Crippen molar-refractivity contribution in [1.82, 2.24) is 10.2 Å². The number of carbonyl (C=O) groups excluding carboxylic acids is 4. The zero-order valence-corrected chi connectivity index (χ0v) is 28.2. The number of benzene rings is 2. The Morgan fingerprint density at radius 1 is 0.959 bits per heavy atom. The van der Waals surface area contributed by atoms with Gasteiger partial charge < -0.3 is 34.6 Å². The average Bonchev–Trinajstić information content (AvgIpc) is 3.49. The second-order valence-electron chi connectivity index (χ2n) is 13.0. The first-order valence-corrected chi connectivity index (χ1v) is 17.4. The van der Waals surface area contributed by atoms with Crippen LogP contribution < -0.4 is 15.1 Å². The third kappa shape index (κ3) is 6.61. The lowest BCUT2D eigenvalue weighted by molar-refractivity contribution is -0.159. The van der Waals surface area contributed by atoms with Crippen LogP contribution in [0.4, 0.5) is 11.4 Å². The minimum Gasteiger partial charge on any atom is -0.455 e. The maximum Gasteiger partial charge on any atom is 0.313 e. The monoisotopic (exact) mass is 670 g/mol. The molecule has 0 aromatic heterocycles. The summed E-state index contributed by atoms with van der Waals surface area (Å²) in [5.74, 6) is -3.50. The Labute approximate surface area is 287 Å². The van der Waals surface area contributed by atoms with E-state index in [0.29, 0.717) is 30.5 Å². The van der Waals surface area contributed by atoms with Crippen molar-refractivity contribution in [2.24, 2.45) is 11.8 Å². The van der Waals surface area contributed by atoms with Crippen LogP contribution in [0, 0.1) is 11.8 Å². The molecular weight excluding hydrogens is 624 g/mol. The number of cyclic esters (lactones) is 1. The van der Waals surface area contributed by atoms with E-state index >= 15 is 0 Å². The molecule has 49 heavy (non-hydrogen) atoms. The van der Waals surface area contributed by atoms with Crippen LogP contribution >= 0.6 is 0 Å². The van der Waals surface area contributed by atoms with E-state index in [1.807, 2.05) is 60.7 Å². The summed E-state index contributed by atoms with van der Waals surface area (Å²) < 4.78 is 12.9. The van der Waals surface area contributed by atoms with Crippen LogP contribution in [0.15, 0.2) is 78.9 Å². The summed E-state index contributed by atoms with van der Waals surface area (Å²) in [6.07, 6.45) is 7.12. The van der Waals surface area contributed by atoms with Gasteiger partial charge in [0.15, 0.2) is 0 Å². The van der Waals surface area contributed by atoms with Crippen molar-refractivity contribution in [2.75, 3.05) is 49.1 Å². The highest BCUT2D eigenvalue weighted by molar-refractivity contribution is 6.05. The topological polar surface area (TPSA) is 129 Å². The van der Waals surface area contributed by atoms with Gasteiger partial charge in [0.2, 0.25) is 11.8 Å². The Balaban J connectivity index is 1.39. The molecule has 4 aliphatic rings. The molecule has 4 aliphatic heterocycles. The van der Waals surface area contributed by atoms with E-state index in [1.165, 1.54) is 0 Å². The molecular formula is C38H46N4O7. The summed E-state index contributed by atoms with van der Waals surface area (Å²) in [5, 5.41) is 12.4. The van der Waals surface area contributed by atoms with Crippen molar-refractivity contribution in [3.8, 4) is 0 Å². The first-order valence-electron chi connectivity index (χ1n) is 17.4. The van der Waals surface area contributed by atoms with E-state index in [-0.39, 0.29) is 50.4 Å². The lowest BCUT2D eigenvalue weighted by Crippen LogP contribution is -2.55. The lowest BCUT2D eigenvalue weighted by Gasteiger charge is -2.35. The Bertz CT molecular complexity index is 1570. The molecule has 0 radical (unpaired) electrons. The fourth-order valence-electron chi connectivity index (χ4n) is 7.70. The van der Waals surface area contributed by atoms with Crippen molar-refractivity contribution in [3.05, 3.63) is 84.5 Å². The van der Waals surface area contributed by atoms with Crippen molar-refractivity contribution in [3.63, 3.8) is 0 Å². The molecule has 11 nitrogen and oxygen atoms in total. The average molecular weight is 671 g/mol. The zero-order valence-electron chi connectivity index (χ0n) is 28.2. The molecule has 0 unspecified atom stereocenters. The molecule has 2 fully saturated rings. The second kappa shape index (κ2) is 15.0. The lowest BCUT2D eigenvalue weighted by atomic mass is 9.78. The highest BCUT2D eigenvalue weighted by atomic mass is 16.6. The minimum atomic E-state index is -1.43. The van der Waals surface area contributed by atoms with Gasteiger partial charge in [-0.1, -0.05) is 54.6 Å². The number of fused-ring (bicyclic) bond motifs is 2. The number of aliphatic hydroxyl groups is 1. The van der Waals surface area contributed by atoms with E-state index in [1.54, 1.807) is 28.0 Å². The number of unbranched alkanes of at least 4 members (excludes halogenated alkanes) is 1. The van der Waals surface area contributed by atoms with E-state index in [0.717, 1.165) is 18.8 Å². The first-order chi connectivity index (χ1) is 23.8. The maximum atomic E-state index is 14.8. The van der Waals surface area contributed by atoms with Crippen LogP contribution in [-0.4, -0.2) is 90.8 Å². The van der Waals surface area contributed by atoms with Crippen LogP contribution in [0.25, 0.3) is 0 Å². The van der Waals surface area contributed by atoms with Crippen LogP contribution in [0.5, 0.6) is 0 Å². The second-order valence-corrected chi connectivity index (χ2v) is 13.0. The molecule has 6 atom stereocenters. The number of carbonyl (C=O) groups is 4. The number of hydrogen-bond donors (Lipinski definition) is 2. The molecule has 260 valence electrons. The number of rotatable bonds is 9. The van der Waals surface area contributed by atoms with Gasteiger partial charge in [-0.3, -0.25) is 19.2 Å². The largest absolute Gasteiger partial charge is 0.455 e. The molecule has 0 aliphatic carbocycles. The number of nitrogens with one attached hydrogen (secondary N) is 1. The van der Waals surface area contributed by atoms with Gasteiger partial charge in [0.05, 0.1) is 18.6 Å². The van der Waals surface area contributed by atoms with Gasteiger partial charge in [-0.15, -0.1) is 0 Å². The van der Waals surface area contributed by atoms with Crippen molar-refractivity contribution in [1.29, 1.82) is 0 Å². The summed E-state index contributed by atoms with van der Waals surface area (Å²) >= 11 is 0. The van der Waals surface area contributed by atoms with Crippen molar-refractivity contribution >= 4 is 35.1 Å². The molecule has 6 rings (SSSR count). The third-order valence-electron chi connectivity index (χ3n) is 10.1. The number of esters is 1. The molecule has 11 heteroatoms. The summed E-state index contributed by atoms with van der Waals surface area (Å²) in [6.45, 7) is 6.42. The number of nitrogens with zero attached hydrogens (tertiary/aromatic N) is 3. The zero-order chi connectivity index (χ0) is 34.5. The number of anilines is 2. The molecule has 0 bridgehead atoms. The molecule has 1 spiro atoms. The van der Waals surface area contributed by atoms with Crippen LogP contribution in [0.1, 0.15) is 51.2 Å². The van der Waals surface area contributed by atoms with Crippen LogP contribution in [0.2, 0.25) is 0 Å². The SMILES string of the molecule is CCN(CC)c1ccc(N2CC=C[C@@]34O[C@H]5/C=C\CCC(=O)NC[C@H](c6ccccc6)OC(=O)[C@H]5[C@@H]3C(=O)N(CCCCO)[C@H]4C2=O)cc1. The predicted molar refractivity (Wildman–Crippen MR) is 185 cm³/mol. The Morgan fingerprint density at radius 3 is 2.43 bits per heavy atom. The van der Waals surface area contributed by atoms with Gasteiger partial charge in [-0.25, -0.2) is 0 Å². The Kier molecular flexibility index (Phi) is 10.5. The molecule has 3 amide bonds. The fourth-order valence-corrected chi connectivity index (χ4v) is 7.70. The summed E-state index contributed by atoms with van der Waals surface area (Å²) in [7, 11) is 0. The van der Waals surface area contributed by atoms with Crippen molar-refractivity contribution < 1.29 is 33.8 Å². The number of allylic oxidation sites excluding steroid dienone is 1. The van der Waals surface area contributed by atoms with Gasteiger partial charge in [0.25, 0.3) is 5.91 Å². The highest BCUT2D eigenvalue weighted by Gasteiger charge is 2.71. The van der Waals surface area contributed by atoms with Crippen LogP contribution in [-0.2, 0) is 28.7 Å². The number of likely N-dealkylation sites (tertiary alicyclic amines) is 1. The molecule has 2 N–H and O–H groups in total. The Hall–Kier alpha value is -4.48. The van der Waals surface area contributed by atoms with Gasteiger partial charge in [0.1, 0.15) is 23.7 Å². The highest BCUT2D eigenvalue weighted by Crippen LogP contribution is 2.53. The Morgan fingerprint density at radius 2 is 1.71 bits per heavy atom. The standard InChI is InChI=1S/C38H46N4O7/c1-3-40(4-2)27-17-19-28(20-18-27)41-23-12-21-38-33(35(45)42(22-10-11-24-43)34(38)36(41)46)32-29(49-38)15-8-9-16-31(44)39-25-30(48-37(32)47)26-13-6-5-7-14-26/h5-8,12-15,17-21,29-30,32-34,43H,3-4,9-11,16,22-25H2,1-2H3,(H,39,44)/b15-8-/t29-,30+,32+,33+,34-,38+/m0/s1. The predicted octanol–water partition coefficient (Wildman–Crippen LogP) is 3.54. The van der Waals surface area contributed by atoms with Gasteiger partial charge >= 0.3 is 5.97 Å². The number of aliphatic hydroxyl groups excluding tert-OH is 1. The third-order valence-corrected chi connectivity index (χ3v) is 10.1. The molecule has 4 heterocycles. The first kappa shape index (κ1) is 34.4. The van der Waals surface area contributed by atoms with Crippen molar-refractivity contribution in [2.45, 2.75) is 63.4 Å². The van der Waals surface area contributed by atoms with E-state index in [4.69, 9.17) is 9.47 Å². The molecule has 0 saturated carbocycles. The van der Waals surface area contributed by atoms with E-state index in [9.17, 15) is 24.3 Å². The minimum absolute atomic E-state index is 0.0458. The number of hydrogen-bond acceptors (Lipinski definition) is 8. The normalized spacial score (nSPS) is 29.2. The van der Waals surface area contributed by atoms with Gasteiger partial charge in [-0.05, 0) is 62.9 Å². The van der Waals surface area contributed by atoms with E-state index < -0.39 is 41.7 Å². The molecule has 2 saturated heterocycles. The maximum absolute atomic E-state index is 14.8. The summed E-state index contributed by atoms with van der Waals surface area (Å²) in [4.78, 5) is 61.7. The summed E-state index contributed by atoms with van der Waals surface area (Å²) in [5.41, 5.74) is 1.02.